The largest absolute Gasteiger partial charge is 0.398 e. The maximum Gasteiger partial charge on any atom is 0.0393 e. The Kier molecular flexibility index (Phi) is 3.17. The fraction of sp³-hybridized carbons (Fsp3) is 0. The van der Waals surface area contributed by atoms with Gasteiger partial charge in [-0.1, -0.05) is 60.7 Å². The number of hydrogen-bond donors (Lipinski definition) is 1. The van der Waals surface area contributed by atoms with Crippen LogP contribution in [0, 0.1) is 0 Å². The lowest BCUT2D eigenvalue weighted by Crippen LogP contribution is -1.90. The highest BCUT2D eigenvalue weighted by atomic mass is 32.1. The van der Waals surface area contributed by atoms with Crippen molar-refractivity contribution >= 4 is 27.1 Å². The lowest BCUT2D eigenvalue weighted by atomic mass is 9.97. The topological polar surface area (TPSA) is 26.0 Å². The molecule has 4 aromatic rings. The molecule has 3 aromatic carbocycles. The molecule has 4 rings (SSSR count). The lowest BCUT2D eigenvalue weighted by molar-refractivity contribution is 1.61. The molecule has 0 fully saturated rings. The van der Waals surface area contributed by atoms with E-state index in [0.717, 1.165) is 11.3 Å². The Morgan fingerprint density at radius 3 is 2.05 bits per heavy atom. The standard InChI is InChI=1S/C20H15NS/c21-18-11-5-4-9-16(18)15-8-2-3-10-17(15)20-13-14-7-1-6-12-19(14)22-20/h1-13H,21H2. The van der Waals surface area contributed by atoms with Gasteiger partial charge in [0.15, 0.2) is 0 Å². The average molecular weight is 301 g/mol. The van der Waals surface area contributed by atoms with Crippen LogP contribution >= 0.6 is 11.3 Å². The van der Waals surface area contributed by atoms with Gasteiger partial charge in [-0.3, -0.25) is 0 Å². The van der Waals surface area contributed by atoms with E-state index in [-0.39, 0.29) is 0 Å². The number of hydrogen-bond acceptors (Lipinski definition) is 2. The number of para-hydroxylation sites is 1. The van der Waals surface area contributed by atoms with Crippen LogP contribution in [0.15, 0.2) is 78.9 Å². The number of anilines is 1. The van der Waals surface area contributed by atoms with E-state index in [1.165, 1.54) is 26.1 Å². The van der Waals surface area contributed by atoms with Crippen molar-refractivity contribution in [2.75, 3.05) is 5.73 Å². The molecule has 1 heterocycles. The maximum atomic E-state index is 6.18. The monoisotopic (exact) mass is 301 g/mol. The van der Waals surface area contributed by atoms with E-state index >= 15 is 0 Å². The first-order chi connectivity index (χ1) is 10.8. The SMILES string of the molecule is Nc1ccccc1-c1ccccc1-c1cc2ccccc2s1. The summed E-state index contributed by atoms with van der Waals surface area (Å²) in [5.74, 6) is 0. The Hall–Kier alpha value is -2.58. The Balaban J connectivity index is 1.95. The Morgan fingerprint density at radius 2 is 1.27 bits per heavy atom. The third kappa shape index (κ3) is 2.18. The van der Waals surface area contributed by atoms with Gasteiger partial charge in [0.25, 0.3) is 0 Å². The van der Waals surface area contributed by atoms with Crippen LogP contribution in [0.25, 0.3) is 31.7 Å². The predicted octanol–water partition coefficient (Wildman–Crippen LogP) is 5.82. The highest BCUT2D eigenvalue weighted by Gasteiger charge is 2.11. The van der Waals surface area contributed by atoms with Crippen LogP contribution in [0.2, 0.25) is 0 Å². The van der Waals surface area contributed by atoms with E-state index in [9.17, 15) is 0 Å². The fourth-order valence-electron chi connectivity index (χ4n) is 2.79. The van der Waals surface area contributed by atoms with E-state index in [2.05, 4.69) is 60.7 Å². The van der Waals surface area contributed by atoms with Crippen molar-refractivity contribution in [1.29, 1.82) is 0 Å². The zero-order valence-corrected chi connectivity index (χ0v) is 12.8. The van der Waals surface area contributed by atoms with E-state index in [1.54, 1.807) is 0 Å². The molecule has 0 saturated heterocycles. The molecule has 106 valence electrons. The predicted molar refractivity (Wildman–Crippen MR) is 97.1 cm³/mol. The second-order valence-corrected chi connectivity index (χ2v) is 6.37. The summed E-state index contributed by atoms with van der Waals surface area (Å²) in [5.41, 5.74) is 10.5. The molecule has 0 radical (unpaired) electrons. The van der Waals surface area contributed by atoms with Gasteiger partial charge in [0.1, 0.15) is 0 Å². The van der Waals surface area contributed by atoms with E-state index in [4.69, 9.17) is 5.73 Å². The van der Waals surface area contributed by atoms with Gasteiger partial charge in [-0.25, -0.2) is 0 Å². The van der Waals surface area contributed by atoms with Crippen LogP contribution in [0.4, 0.5) is 5.69 Å². The van der Waals surface area contributed by atoms with Crippen molar-refractivity contribution in [3.63, 3.8) is 0 Å². The van der Waals surface area contributed by atoms with Gasteiger partial charge < -0.3 is 5.73 Å². The quantitative estimate of drug-likeness (QED) is 0.464. The minimum atomic E-state index is 0.816. The molecule has 0 spiro atoms. The van der Waals surface area contributed by atoms with Gasteiger partial charge in [0.05, 0.1) is 0 Å². The lowest BCUT2D eigenvalue weighted by Gasteiger charge is -2.10. The van der Waals surface area contributed by atoms with Crippen molar-refractivity contribution in [3.8, 4) is 21.6 Å². The second kappa shape index (κ2) is 5.32. The first kappa shape index (κ1) is 13.1. The molecule has 1 nitrogen and oxygen atoms in total. The number of thiophene rings is 1. The third-order valence-electron chi connectivity index (χ3n) is 3.87. The molecule has 0 aliphatic heterocycles. The molecule has 0 aliphatic rings. The molecular weight excluding hydrogens is 286 g/mol. The minimum absolute atomic E-state index is 0.816. The molecule has 0 amide bonds. The van der Waals surface area contributed by atoms with E-state index in [0.29, 0.717) is 0 Å². The molecule has 0 unspecified atom stereocenters. The van der Waals surface area contributed by atoms with Gasteiger partial charge >= 0.3 is 0 Å². The smallest absolute Gasteiger partial charge is 0.0393 e. The van der Waals surface area contributed by atoms with Crippen molar-refractivity contribution in [3.05, 3.63) is 78.9 Å². The number of nitrogen functional groups attached to an aromatic ring is 1. The van der Waals surface area contributed by atoms with Crippen molar-refractivity contribution in [2.24, 2.45) is 0 Å². The van der Waals surface area contributed by atoms with Gasteiger partial charge in [-0.05, 0) is 34.7 Å². The number of rotatable bonds is 2. The van der Waals surface area contributed by atoms with Crippen LogP contribution in [0.3, 0.4) is 0 Å². The summed E-state index contributed by atoms with van der Waals surface area (Å²) in [7, 11) is 0. The summed E-state index contributed by atoms with van der Waals surface area (Å²) < 4.78 is 1.31. The van der Waals surface area contributed by atoms with Crippen molar-refractivity contribution < 1.29 is 0 Å². The van der Waals surface area contributed by atoms with Crippen LogP contribution in [-0.2, 0) is 0 Å². The van der Waals surface area contributed by atoms with Gasteiger partial charge in [-0.2, -0.15) is 0 Å². The molecule has 0 atom stereocenters. The van der Waals surface area contributed by atoms with Gasteiger partial charge in [-0.15, -0.1) is 11.3 Å². The molecule has 22 heavy (non-hydrogen) atoms. The number of nitrogens with two attached hydrogens (primary N) is 1. The van der Waals surface area contributed by atoms with Gasteiger partial charge in [0, 0.05) is 20.8 Å². The van der Waals surface area contributed by atoms with Crippen molar-refractivity contribution in [2.45, 2.75) is 0 Å². The van der Waals surface area contributed by atoms with Crippen LogP contribution in [-0.4, -0.2) is 0 Å². The summed E-state index contributed by atoms with van der Waals surface area (Å²) in [6.07, 6.45) is 0. The molecule has 2 N–H and O–H groups in total. The third-order valence-corrected chi connectivity index (χ3v) is 5.02. The van der Waals surface area contributed by atoms with Crippen LogP contribution < -0.4 is 5.73 Å². The summed E-state index contributed by atoms with van der Waals surface area (Å²) >= 11 is 1.82. The van der Waals surface area contributed by atoms with E-state index in [1.807, 2.05) is 29.5 Å². The highest BCUT2D eigenvalue weighted by Crippen LogP contribution is 2.40. The Bertz CT molecular complexity index is 920. The molecular formula is C20H15NS. The summed E-state index contributed by atoms with van der Waals surface area (Å²) in [6.45, 7) is 0. The molecule has 2 heteroatoms. The van der Waals surface area contributed by atoms with E-state index < -0.39 is 0 Å². The number of benzene rings is 3. The molecule has 0 bridgehead atoms. The summed E-state index contributed by atoms with van der Waals surface area (Å²) in [5, 5.41) is 1.29. The zero-order valence-electron chi connectivity index (χ0n) is 12.0. The Morgan fingerprint density at radius 1 is 0.636 bits per heavy atom. The summed E-state index contributed by atoms with van der Waals surface area (Å²) in [4.78, 5) is 1.28. The molecule has 0 aliphatic carbocycles. The highest BCUT2D eigenvalue weighted by molar-refractivity contribution is 7.22. The van der Waals surface area contributed by atoms with Crippen LogP contribution in [0.1, 0.15) is 0 Å². The normalized spacial score (nSPS) is 10.9. The molecule has 1 aromatic heterocycles. The first-order valence-electron chi connectivity index (χ1n) is 7.26. The zero-order chi connectivity index (χ0) is 14.9. The maximum absolute atomic E-state index is 6.18. The minimum Gasteiger partial charge on any atom is -0.398 e. The van der Waals surface area contributed by atoms with Gasteiger partial charge in [0.2, 0.25) is 0 Å². The fourth-order valence-corrected chi connectivity index (χ4v) is 3.89. The van der Waals surface area contributed by atoms with Crippen LogP contribution in [0.5, 0.6) is 0 Å². The Labute approximate surface area is 133 Å². The molecule has 0 saturated carbocycles. The average Bonchev–Trinajstić information content (AvgIpc) is 2.99. The first-order valence-corrected chi connectivity index (χ1v) is 8.07. The second-order valence-electron chi connectivity index (χ2n) is 5.28. The number of fused-ring (bicyclic) bond motifs is 1. The summed E-state index contributed by atoms with van der Waals surface area (Å²) in [6, 6.07) is 27.3. The van der Waals surface area contributed by atoms with Crippen molar-refractivity contribution in [1.82, 2.24) is 0 Å².